The number of carbonyl (C=O) groups excluding carboxylic acids is 1. The Bertz CT molecular complexity index is 1010. The second-order valence-corrected chi connectivity index (χ2v) is 7.50. The molecule has 6 heteroatoms. The quantitative estimate of drug-likeness (QED) is 0.671. The summed E-state index contributed by atoms with van der Waals surface area (Å²) < 4.78 is 18.5. The van der Waals surface area contributed by atoms with Crippen molar-refractivity contribution in [1.82, 2.24) is 15.0 Å². The van der Waals surface area contributed by atoms with Crippen LogP contribution in [0.15, 0.2) is 53.1 Å². The molecular formula is C23H24FN3O2. The number of aromatic nitrogens is 1. The van der Waals surface area contributed by atoms with Crippen LogP contribution in [0.5, 0.6) is 0 Å². The van der Waals surface area contributed by atoms with Gasteiger partial charge in [-0.1, -0.05) is 29.4 Å². The Hall–Kier alpha value is -2.99. The van der Waals surface area contributed by atoms with Crippen LogP contribution in [0.3, 0.4) is 0 Å². The van der Waals surface area contributed by atoms with Gasteiger partial charge in [-0.05, 0) is 43.7 Å². The molecule has 0 saturated carbocycles. The maximum atomic E-state index is 13.1. The number of halogens is 1. The lowest BCUT2D eigenvalue weighted by Crippen LogP contribution is -2.48. The number of hydrogen-bond acceptors (Lipinski definition) is 4. The molecule has 29 heavy (non-hydrogen) atoms. The van der Waals surface area contributed by atoms with Crippen LogP contribution in [-0.4, -0.2) is 47.0 Å². The van der Waals surface area contributed by atoms with Crippen molar-refractivity contribution in [3.8, 4) is 11.3 Å². The normalized spacial score (nSPS) is 14.9. The predicted octanol–water partition coefficient (Wildman–Crippen LogP) is 4.06. The summed E-state index contributed by atoms with van der Waals surface area (Å²) in [6, 6.07) is 14.1. The lowest BCUT2D eigenvalue weighted by molar-refractivity contribution is 0.0628. The number of amides is 1. The summed E-state index contributed by atoms with van der Waals surface area (Å²) >= 11 is 0. The van der Waals surface area contributed by atoms with Crippen LogP contribution in [0, 0.1) is 19.7 Å². The highest BCUT2D eigenvalue weighted by Gasteiger charge is 2.23. The minimum Gasteiger partial charge on any atom is -0.356 e. The van der Waals surface area contributed by atoms with Crippen molar-refractivity contribution < 1.29 is 13.7 Å². The van der Waals surface area contributed by atoms with E-state index in [0.717, 1.165) is 42.0 Å². The smallest absolute Gasteiger partial charge is 0.253 e. The summed E-state index contributed by atoms with van der Waals surface area (Å²) in [6.45, 7) is 7.57. The highest BCUT2D eigenvalue weighted by atomic mass is 19.1. The van der Waals surface area contributed by atoms with Gasteiger partial charge in [0.1, 0.15) is 5.82 Å². The van der Waals surface area contributed by atoms with Crippen LogP contribution in [-0.2, 0) is 6.54 Å². The first-order valence-corrected chi connectivity index (χ1v) is 9.80. The summed E-state index contributed by atoms with van der Waals surface area (Å²) in [5.74, 6) is 0.519. The average Bonchev–Trinajstić information content (AvgIpc) is 3.08. The van der Waals surface area contributed by atoms with E-state index in [1.54, 1.807) is 0 Å². The molecule has 4 rings (SSSR count). The molecule has 0 atom stereocenters. The Morgan fingerprint density at radius 2 is 1.79 bits per heavy atom. The summed E-state index contributed by atoms with van der Waals surface area (Å²) in [5.41, 5.74) is 4.45. The zero-order valence-corrected chi connectivity index (χ0v) is 16.7. The van der Waals surface area contributed by atoms with Crippen molar-refractivity contribution in [1.29, 1.82) is 0 Å². The molecule has 0 spiro atoms. The largest absolute Gasteiger partial charge is 0.356 e. The molecule has 1 aliphatic heterocycles. The van der Waals surface area contributed by atoms with Gasteiger partial charge >= 0.3 is 0 Å². The molecule has 2 heterocycles. The van der Waals surface area contributed by atoms with Gasteiger partial charge in [0.2, 0.25) is 0 Å². The van der Waals surface area contributed by atoms with E-state index < -0.39 is 0 Å². The third-order valence-electron chi connectivity index (χ3n) is 5.51. The van der Waals surface area contributed by atoms with Crippen LogP contribution >= 0.6 is 0 Å². The summed E-state index contributed by atoms with van der Waals surface area (Å²) in [6.07, 6.45) is 0. The minimum atomic E-state index is -0.220. The number of aryl methyl sites for hydroxylation is 1. The van der Waals surface area contributed by atoms with Crippen molar-refractivity contribution in [2.75, 3.05) is 26.2 Å². The van der Waals surface area contributed by atoms with Gasteiger partial charge < -0.3 is 9.42 Å². The summed E-state index contributed by atoms with van der Waals surface area (Å²) in [4.78, 5) is 17.2. The van der Waals surface area contributed by atoms with Gasteiger partial charge in [-0.2, -0.15) is 0 Å². The summed E-state index contributed by atoms with van der Waals surface area (Å²) in [5, 5.41) is 4.01. The molecule has 1 saturated heterocycles. The molecule has 3 aromatic rings. The van der Waals surface area contributed by atoms with E-state index in [-0.39, 0.29) is 11.7 Å². The highest BCUT2D eigenvalue weighted by Crippen LogP contribution is 2.26. The monoisotopic (exact) mass is 393 g/mol. The van der Waals surface area contributed by atoms with Crippen LogP contribution in [0.2, 0.25) is 0 Å². The van der Waals surface area contributed by atoms with E-state index in [0.29, 0.717) is 24.4 Å². The number of benzene rings is 2. The Morgan fingerprint density at radius 3 is 2.45 bits per heavy atom. The topological polar surface area (TPSA) is 49.6 Å². The van der Waals surface area contributed by atoms with Crippen LogP contribution in [0.1, 0.15) is 27.2 Å². The lowest BCUT2D eigenvalue weighted by Gasteiger charge is -2.34. The molecule has 0 unspecified atom stereocenters. The van der Waals surface area contributed by atoms with Crippen molar-refractivity contribution >= 4 is 5.91 Å². The maximum absolute atomic E-state index is 13.1. The Labute approximate surface area is 169 Å². The van der Waals surface area contributed by atoms with E-state index >= 15 is 0 Å². The molecule has 0 bridgehead atoms. The van der Waals surface area contributed by atoms with Gasteiger partial charge in [-0.25, -0.2) is 4.39 Å². The number of rotatable bonds is 4. The number of hydrogen-bond donors (Lipinski definition) is 0. The van der Waals surface area contributed by atoms with Crippen molar-refractivity contribution in [2.24, 2.45) is 0 Å². The van der Waals surface area contributed by atoms with Gasteiger partial charge in [0.25, 0.3) is 5.91 Å². The second-order valence-electron chi connectivity index (χ2n) is 7.50. The van der Waals surface area contributed by atoms with E-state index in [9.17, 15) is 9.18 Å². The van der Waals surface area contributed by atoms with Gasteiger partial charge in [0.15, 0.2) is 5.76 Å². The third kappa shape index (κ3) is 4.22. The fourth-order valence-corrected chi connectivity index (χ4v) is 3.62. The highest BCUT2D eigenvalue weighted by molar-refractivity contribution is 5.95. The van der Waals surface area contributed by atoms with Crippen LogP contribution in [0.4, 0.5) is 4.39 Å². The minimum absolute atomic E-state index is 0.0298. The van der Waals surface area contributed by atoms with Gasteiger partial charge in [0, 0.05) is 49.4 Å². The molecular weight excluding hydrogens is 369 g/mol. The molecule has 1 amide bonds. The molecule has 2 aromatic carbocycles. The molecule has 150 valence electrons. The van der Waals surface area contributed by atoms with E-state index in [1.807, 2.05) is 55.1 Å². The zero-order valence-electron chi connectivity index (χ0n) is 16.7. The lowest BCUT2D eigenvalue weighted by atomic mass is 10.0. The Morgan fingerprint density at radius 1 is 1.07 bits per heavy atom. The Kier molecular flexibility index (Phi) is 5.45. The molecule has 1 aliphatic rings. The van der Waals surface area contributed by atoms with Crippen molar-refractivity contribution in [2.45, 2.75) is 20.4 Å². The van der Waals surface area contributed by atoms with Crippen molar-refractivity contribution in [3.63, 3.8) is 0 Å². The van der Waals surface area contributed by atoms with E-state index in [2.05, 4.69) is 10.1 Å². The van der Waals surface area contributed by atoms with Gasteiger partial charge in [0.05, 0.1) is 5.69 Å². The fraction of sp³-hybridized carbons (Fsp3) is 0.304. The molecule has 1 fully saturated rings. The van der Waals surface area contributed by atoms with Gasteiger partial charge in [-0.15, -0.1) is 0 Å². The SMILES string of the molecule is Cc1noc(-c2cccc(C(=O)N3CCN(Cc4ccc(F)cc4)CC3)c2)c1C. The maximum Gasteiger partial charge on any atom is 0.253 e. The number of nitrogens with zero attached hydrogens (tertiary/aromatic N) is 3. The first kappa shape index (κ1) is 19.3. The molecule has 5 nitrogen and oxygen atoms in total. The number of piperazine rings is 1. The second kappa shape index (κ2) is 8.17. The van der Waals surface area contributed by atoms with Crippen molar-refractivity contribution in [3.05, 3.63) is 76.7 Å². The first-order chi connectivity index (χ1) is 14.0. The average molecular weight is 393 g/mol. The van der Waals surface area contributed by atoms with Crippen LogP contribution in [0.25, 0.3) is 11.3 Å². The number of carbonyl (C=O) groups is 1. The Balaban J connectivity index is 1.40. The molecule has 0 radical (unpaired) electrons. The van der Waals surface area contributed by atoms with Crippen LogP contribution < -0.4 is 0 Å². The zero-order chi connectivity index (χ0) is 20.4. The predicted molar refractivity (Wildman–Crippen MR) is 109 cm³/mol. The molecule has 1 aromatic heterocycles. The molecule has 0 aliphatic carbocycles. The fourth-order valence-electron chi connectivity index (χ4n) is 3.62. The first-order valence-electron chi connectivity index (χ1n) is 9.80. The molecule has 0 N–H and O–H groups in total. The third-order valence-corrected chi connectivity index (χ3v) is 5.51. The van der Waals surface area contributed by atoms with Gasteiger partial charge in [-0.3, -0.25) is 9.69 Å². The van der Waals surface area contributed by atoms with E-state index in [1.165, 1.54) is 12.1 Å². The van der Waals surface area contributed by atoms with E-state index in [4.69, 9.17) is 4.52 Å². The summed E-state index contributed by atoms with van der Waals surface area (Å²) in [7, 11) is 0. The standard InChI is InChI=1S/C23H24FN3O2/c1-16-17(2)25-29-22(16)19-4-3-5-20(14-19)23(28)27-12-10-26(11-13-27)15-18-6-8-21(24)9-7-18/h3-9,14H,10-13,15H2,1-2H3.